The fourth-order valence-corrected chi connectivity index (χ4v) is 5.28. The average Bonchev–Trinajstić information content (AvgIpc) is 2.73. The first-order valence-corrected chi connectivity index (χ1v) is 10.9. The molecule has 0 radical (unpaired) electrons. The van der Waals surface area contributed by atoms with Gasteiger partial charge in [0.1, 0.15) is 0 Å². The van der Waals surface area contributed by atoms with Gasteiger partial charge in [-0.1, -0.05) is 29.8 Å². The SMILES string of the molecule is COC(=O)c1ccc(CN(c2ccc(C)cc2)S(=O)(=O)C2CCNCC2)cc1. The third-order valence-electron chi connectivity index (χ3n) is 5.04. The molecule has 2 aromatic carbocycles. The number of sulfonamides is 1. The van der Waals surface area contributed by atoms with E-state index in [1.807, 2.05) is 31.2 Å². The lowest BCUT2D eigenvalue weighted by molar-refractivity contribution is 0.0600. The number of anilines is 1. The molecular formula is C21H26N2O4S. The molecule has 1 aliphatic rings. The zero-order chi connectivity index (χ0) is 20.1. The molecule has 0 saturated carbocycles. The first kappa shape index (κ1) is 20.4. The van der Waals surface area contributed by atoms with Crippen molar-refractivity contribution >= 4 is 21.7 Å². The maximum Gasteiger partial charge on any atom is 0.337 e. The Morgan fingerprint density at radius 3 is 2.25 bits per heavy atom. The number of hydrogen-bond acceptors (Lipinski definition) is 5. The van der Waals surface area contributed by atoms with Crippen molar-refractivity contribution in [3.63, 3.8) is 0 Å². The summed E-state index contributed by atoms with van der Waals surface area (Å²) in [5.74, 6) is -0.413. The summed E-state index contributed by atoms with van der Waals surface area (Å²) in [6, 6.07) is 14.4. The number of rotatable bonds is 6. The first-order valence-electron chi connectivity index (χ1n) is 9.38. The van der Waals surface area contributed by atoms with E-state index in [1.54, 1.807) is 24.3 Å². The minimum Gasteiger partial charge on any atom is -0.465 e. The van der Waals surface area contributed by atoms with Gasteiger partial charge in [0.25, 0.3) is 0 Å². The number of nitrogens with one attached hydrogen (secondary N) is 1. The van der Waals surface area contributed by atoms with Gasteiger partial charge in [-0.3, -0.25) is 4.31 Å². The molecule has 28 heavy (non-hydrogen) atoms. The van der Waals surface area contributed by atoms with Crippen LogP contribution in [-0.2, 0) is 21.3 Å². The Kier molecular flexibility index (Phi) is 6.36. The van der Waals surface area contributed by atoms with E-state index in [-0.39, 0.29) is 6.54 Å². The molecule has 1 aliphatic heterocycles. The molecule has 0 amide bonds. The normalized spacial score (nSPS) is 15.2. The van der Waals surface area contributed by atoms with Gasteiger partial charge in [-0.2, -0.15) is 0 Å². The summed E-state index contributed by atoms with van der Waals surface area (Å²) in [5, 5.41) is 2.82. The van der Waals surface area contributed by atoms with Gasteiger partial charge < -0.3 is 10.1 Å². The number of ether oxygens (including phenoxy) is 1. The number of aryl methyl sites for hydroxylation is 1. The predicted molar refractivity (Wildman–Crippen MR) is 110 cm³/mol. The molecule has 2 aromatic rings. The molecule has 0 bridgehead atoms. The standard InChI is InChI=1S/C21H26N2O4S/c1-16-3-9-19(10-4-16)23(28(25,26)20-11-13-22-14-12-20)15-17-5-7-18(8-6-17)21(24)27-2/h3-10,20,22H,11-15H2,1-2H3. The Bertz CT molecular complexity index is 902. The van der Waals surface area contributed by atoms with E-state index in [0.717, 1.165) is 11.1 Å². The fourth-order valence-electron chi connectivity index (χ4n) is 3.34. The van der Waals surface area contributed by atoms with Crippen LogP contribution < -0.4 is 9.62 Å². The quantitative estimate of drug-likeness (QED) is 0.752. The maximum atomic E-state index is 13.4. The van der Waals surface area contributed by atoms with Crippen LogP contribution >= 0.6 is 0 Å². The molecule has 0 spiro atoms. The van der Waals surface area contributed by atoms with Crippen molar-refractivity contribution < 1.29 is 17.9 Å². The summed E-state index contributed by atoms with van der Waals surface area (Å²) in [4.78, 5) is 11.6. The lowest BCUT2D eigenvalue weighted by Crippen LogP contribution is -2.43. The van der Waals surface area contributed by atoms with Crippen LogP contribution in [0.4, 0.5) is 5.69 Å². The molecule has 6 nitrogen and oxygen atoms in total. The van der Waals surface area contributed by atoms with Gasteiger partial charge >= 0.3 is 5.97 Å². The molecule has 7 heteroatoms. The number of carbonyl (C=O) groups excluding carboxylic acids is 1. The highest BCUT2D eigenvalue weighted by Crippen LogP contribution is 2.27. The molecule has 0 aliphatic carbocycles. The molecule has 0 atom stereocenters. The predicted octanol–water partition coefficient (Wildman–Crippen LogP) is 2.87. The van der Waals surface area contributed by atoms with Gasteiger partial charge in [0.05, 0.1) is 30.2 Å². The van der Waals surface area contributed by atoms with Crippen LogP contribution in [0.25, 0.3) is 0 Å². The van der Waals surface area contributed by atoms with E-state index in [1.165, 1.54) is 11.4 Å². The number of benzene rings is 2. The van der Waals surface area contributed by atoms with Gasteiger partial charge in [0, 0.05) is 0 Å². The maximum absolute atomic E-state index is 13.4. The number of piperidine rings is 1. The summed E-state index contributed by atoms with van der Waals surface area (Å²) in [6.07, 6.45) is 1.21. The molecular weight excluding hydrogens is 376 g/mol. The van der Waals surface area contributed by atoms with E-state index in [2.05, 4.69) is 5.32 Å². The van der Waals surface area contributed by atoms with E-state index in [9.17, 15) is 13.2 Å². The number of methoxy groups -OCH3 is 1. The third kappa shape index (κ3) is 4.54. The lowest BCUT2D eigenvalue weighted by atomic mass is 10.1. The van der Waals surface area contributed by atoms with Gasteiger partial charge in [-0.25, -0.2) is 13.2 Å². The van der Waals surface area contributed by atoms with Crippen LogP contribution in [0, 0.1) is 6.92 Å². The summed E-state index contributed by atoms with van der Waals surface area (Å²) < 4.78 is 33.1. The van der Waals surface area contributed by atoms with Gasteiger partial charge in [-0.05, 0) is 62.7 Å². The van der Waals surface area contributed by atoms with Crippen LogP contribution in [0.5, 0.6) is 0 Å². The van der Waals surface area contributed by atoms with Crippen LogP contribution in [0.1, 0.15) is 34.3 Å². The number of nitrogens with zero attached hydrogens (tertiary/aromatic N) is 1. The topological polar surface area (TPSA) is 75.7 Å². The van der Waals surface area contributed by atoms with E-state index in [0.29, 0.717) is 37.2 Å². The van der Waals surface area contributed by atoms with Gasteiger partial charge in [0.15, 0.2) is 0 Å². The van der Waals surface area contributed by atoms with Crippen molar-refractivity contribution in [1.82, 2.24) is 5.32 Å². The zero-order valence-corrected chi connectivity index (χ0v) is 17.0. The second-order valence-corrected chi connectivity index (χ2v) is 9.16. The van der Waals surface area contributed by atoms with Crippen LogP contribution in [0.15, 0.2) is 48.5 Å². The molecule has 1 heterocycles. The van der Waals surface area contributed by atoms with Crippen molar-refractivity contribution in [3.05, 3.63) is 65.2 Å². The molecule has 0 unspecified atom stereocenters. The molecule has 150 valence electrons. The van der Waals surface area contributed by atoms with Crippen molar-refractivity contribution in [2.75, 3.05) is 24.5 Å². The van der Waals surface area contributed by atoms with Gasteiger partial charge in [-0.15, -0.1) is 0 Å². The minimum atomic E-state index is -3.52. The second-order valence-electron chi connectivity index (χ2n) is 7.02. The Morgan fingerprint density at radius 2 is 1.68 bits per heavy atom. The summed E-state index contributed by atoms with van der Waals surface area (Å²) in [6.45, 7) is 3.61. The monoisotopic (exact) mass is 402 g/mol. The summed E-state index contributed by atoms with van der Waals surface area (Å²) >= 11 is 0. The van der Waals surface area contributed by atoms with Crippen molar-refractivity contribution in [1.29, 1.82) is 0 Å². The molecule has 1 fully saturated rings. The summed E-state index contributed by atoms with van der Waals surface area (Å²) in [7, 11) is -2.18. The van der Waals surface area contributed by atoms with Crippen molar-refractivity contribution in [2.24, 2.45) is 0 Å². The number of esters is 1. The van der Waals surface area contributed by atoms with Gasteiger partial charge in [0.2, 0.25) is 10.0 Å². The highest BCUT2D eigenvalue weighted by molar-refractivity contribution is 7.93. The average molecular weight is 403 g/mol. The molecule has 1 saturated heterocycles. The minimum absolute atomic E-state index is 0.219. The second kappa shape index (κ2) is 8.75. The molecule has 0 aromatic heterocycles. The van der Waals surface area contributed by atoms with E-state index >= 15 is 0 Å². The number of hydrogen-bond donors (Lipinski definition) is 1. The number of carbonyl (C=O) groups is 1. The third-order valence-corrected chi connectivity index (χ3v) is 7.31. The highest BCUT2D eigenvalue weighted by atomic mass is 32.2. The Hall–Kier alpha value is -2.38. The van der Waals surface area contributed by atoms with Crippen molar-refractivity contribution in [2.45, 2.75) is 31.6 Å². The first-order chi connectivity index (χ1) is 13.4. The largest absolute Gasteiger partial charge is 0.465 e. The van der Waals surface area contributed by atoms with Crippen molar-refractivity contribution in [3.8, 4) is 0 Å². The fraction of sp³-hybridized carbons (Fsp3) is 0.381. The smallest absolute Gasteiger partial charge is 0.337 e. The van der Waals surface area contributed by atoms with E-state index in [4.69, 9.17) is 4.74 Å². The molecule has 3 rings (SSSR count). The zero-order valence-electron chi connectivity index (χ0n) is 16.2. The highest BCUT2D eigenvalue weighted by Gasteiger charge is 2.33. The molecule has 1 N–H and O–H groups in total. The van der Waals surface area contributed by atoms with Crippen LogP contribution in [0.2, 0.25) is 0 Å². The lowest BCUT2D eigenvalue weighted by Gasteiger charge is -2.31. The summed E-state index contributed by atoms with van der Waals surface area (Å²) in [5.41, 5.74) is 2.98. The van der Waals surface area contributed by atoms with E-state index < -0.39 is 21.2 Å². The Morgan fingerprint density at radius 1 is 1.07 bits per heavy atom. The van der Waals surface area contributed by atoms with Crippen LogP contribution in [-0.4, -0.2) is 39.8 Å². The Labute approximate surface area is 166 Å². The Balaban J connectivity index is 1.92. The van der Waals surface area contributed by atoms with Crippen LogP contribution in [0.3, 0.4) is 0 Å².